The molecule has 126 valence electrons. The van der Waals surface area contributed by atoms with E-state index in [-0.39, 0.29) is 11.4 Å². The molecule has 0 bridgehead atoms. The van der Waals surface area contributed by atoms with Crippen molar-refractivity contribution in [1.82, 2.24) is 10.2 Å². The van der Waals surface area contributed by atoms with Crippen molar-refractivity contribution in [3.05, 3.63) is 22.5 Å². The van der Waals surface area contributed by atoms with Crippen LogP contribution in [0.15, 0.2) is 0 Å². The molecule has 0 fully saturated rings. The zero-order chi connectivity index (χ0) is 16.9. The number of aliphatic hydroxyl groups excluding tert-OH is 4. The second kappa shape index (κ2) is 8.53. The molecule has 1 aromatic rings. The molecule has 0 aliphatic rings. The highest BCUT2D eigenvalue weighted by Gasteiger charge is 2.29. The molecule has 0 amide bonds. The van der Waals surface area contributed by atoms with Gasteiger partial charge in [-0.2, -0.15) is 10.2 Å². The molecule has 4 N–H and O–H groups in total. The third-order valence-corrected chi connectivity index (χ3v) is 3.95. The summed E-state index contributed by atoms with van der Waals surface area (Å²) >= 11 is 0. The number of rotatable bonds is 8. The first-order valence-corrected chi connectivity index (χ1v) is 8.05. The van der Waals surface area contributed by atoms with E-state index in [1.165, 1.54) is 0 Å². The van der Waals surface area contributed by atoms with Crippen molar-refractivity contribution in [2.75, 3.05) is 0 Å². The molecule has 1 heterocycles. The summed E-state index contributed by atoms with van der Waals surface area (Å²) in [6.45, 7) is 7.23. The van der Waals surface area contributed by atoms with Gasteiger partial charge >= 0.3 is 0 Å². The van der Waals surface area contributed by atoms with E-state index >= 15 is 0 Å². The maximum absolute atomic E-state index is 10.4. The predicted octanol–water partition coefficient (Wildman–Crippen LogP) is 2.25. The summed E-state index contributed by atoms with van der Waals surface area (Å²) in [7, 11) is 0. The number of nitrogens with zero attached hydrogens (tertiary/aromatic N) is 2. The molecule has 6 heteroatoms. The Morgan fingerprint density at radius 1 is 0.591 bits per heavy atom. The Labute approximate surface area is 131 Å². The van der Waals surface area contributed by atoms with Gasteiger partial charge in [0.1, 0.15) is 0 Å². The van der Waals surface area contributed by atoms with Crippen LogP contribution in [0.5, 0.6) is 0 Å². The Morgan fingerprint density at radius 2 is 0.864 bits per heavy atom. The molecule has 1 rings (SSSR count). The molecule has 0 saturated heterocycles. The van der Waals surface area contributed by atoms with Crippen molar-refractivity contribution in [3.8, 4) is 0 Å². The summed E-state index contributed by atoms with van der Waals surface area (Å²) in [6.07, 6.45) is -1.78. The van der Waals surface area contributed by atoms with Crippen LogP contribution >= 0.6 is 0 Å². The van der Waals surface area contributed by atoms with E-state index in [9.17, 15) is 20.4 Å². The summed E-state index contributed by atoms with van der Waals surface area (Å²) in [6, 6.07) is 0. The zero-order valence-corrected chi connectivity index (χ0v) is 13.8. The minimum absolute atomic E-state index is 0.284. The van der Waals surface area contributed by atoms with Crippen LogP contribution in [0.25, 0.3) is 0 Å². The first-order chi connectivity index (χ1) is 10.4. The zero-order valence-electron chi connectivity index (χ0n) is 13.8. The molecule has 0 saturated carbocycles. The second-order valence-electron chi connectivity index (χ2n) is 5.49. The minimum Gasteiger partial charge on any atom is -0.388 e. The number of hydrogen-bond acceptors (Lipinski definition) is 6. The van der Waals surface area contributed by atoms with Crippen LogP contribution in [0, 0.1) is 0 Å². The van der Waals surface area contributed by atoms with Gasteiger partial charge in [-0.05, 0) is 25.7 Å². The van der Waals surface area contributed by atoms with Gasteiger partial charge in [0.05, 0.1) is 35.8 Å². The van der Waals surface area contributed by atoms with E-state index in [4.69, 9.17) is 0 Å². The fraction of sp³-hybridized carbons (Fsp3) is 0.750. The maximum Gasteiger partial charge on any atom is 0.0979 e. The number of hydrogen-bond donors (Lipinski definition) is 4. The van der Waals surface area contributed by atoms with Gasteiger partial charge in [0.15, 0.2) is 0 Å². The molecule has 4 atom stereocenters. The van der Waals surface area contributed by atoms with Crippen LogP contribution < -0.4 is 0 Å². The summed E-state index contributed by atoms with van der Waals surface area (Å²) in [5.74, 6) is 0. The highest BCUT2D eigenvalue weighted by Crippen LogP contribution is 2.36. The van der Waals surface area contributed by atoms with Crippen LogP contribution in [-0.4, -0.2) is 30.6 Å². The first kappa shape index (κ1) is 19.0. The topological polar surface area (TPSA) is 107 Å². The first-order valence-electron chi connectivity index (χ1n) is 8.05. The molecule has 22 heavy (non-hydrogen) atoms. The Morgan fingerprint density at radius 3 is 1.09 bits per heavy atom. The fourth-order valence-electron chi connectivity index (χ4n) is 2.48. The molecular weight excluding hydrogens is 284 g/mol. The lowest BCUT2D eigenvalue weighted by molar-refractivity contribution is 0.121. The smallest absolute Gasteiger partial charge is 0.0979 e. The van der Waals surface area contributed by atoms with Crippen LogP contribution in [0.2, 0.25) is 0 Å². The fourth-order valence-corrected chi connectivity index (χ4v) is 2.48. The third kappa shape index (κ3) is 3.81. The number of aliphatic hydroxyl groups is 4. The Bertz CT molecular complexity index is 438. The van der Waals surface area contributed by atoms with Crippen molar-refractivity contribution in [2.45, 2.75) is 77.8 Å². The van der Waals surface area contributed by atoms with E-state index in [1.54, 1.807) is 13.8 Å². The quantitative estimate of drug-likeness (QED) is 0.586. The molecule has 1 aromatic heterocycles. The highest BCUT2D eigenvalue weighted by molar-refractivity contribution is 5.38. The lowest BCUT2D eigenvalue weighted by atomic mass is 9.89. The normalized spacial score (nSPS) is 17.1. The Balaban J connectivity index is 3.65. The highest BCUT2D eigenvalue weighted by atomic mass is 16.3. The largest absolute Gasteiger partial charge is 0.388 e. The van der Waals surface area contributed by atoms with Crippen LogP contribution in [0.3, 0.4) is 0 Å². The van der Waals surface area contributed by atoms with Gasteiger partial charge in [0, 0.05) is 11.1 Å². The van der Waals surface area contributed by atoms with E-state index in [2.05, 4.69) is 10.2 Å². The molecule has 0 aromatic carbocycles. The maximum atomic E-state index is 10.4. The van der Waals surface area contributed by atoms with Crippen molar-refractivity contribution < 1.29 is 20.4 Å². The molecule has 0 aliphatic heterocycles. The van der Waals surface area contributed by atoms with Gasteiger partial charge in [-0.1, -0.05) is 27.7 Å². The van der Waals surface area contributed by atoms with E-state index in [1.807, 2.05) is 13.8 Å². The lowest BCUT2D eigenvalue weighted by Crippen LogP contribution is -2.20. The van der Waals surface area contributed by atoms with Crippen molar-refractivity contribution in [3.63, 3.8) is 0 Å². The van der Waals surface area contributed by atoms with Gasteiger partial charge in [-0.15, -0.1) is 0 Å². The molecule has 0 aliphatic carbocycles. The third-order valence-electron chi connectivity index (χ3n) is 3.95. The molecule has 4 unspecified atom stereocenters. The van der Waals surface area contributed by atoms with Gasteiger partial charge in [-0.3, -0.25) is 0 Å². The van der Waals surface area contributed by atoms with E-state index < -0.39 is 24.4 Å². The summed E-state index contributed by atoms with van der Waals surface area (Å²) < 4.78 is 0. The standard InChI is InChI=1S/C16H28N2O4/c1-5-9(19)13-14(10(20)6-2)16(12(22)8-4)18-17-15(13)11(21)7-3/h9-12,19-22H,5-8H2,1-4H3. The van der Waals surface area contributed by atoms with E-state index in [0.717, 1.165) is 0 Å². The van der Waals surface area contributed by atoms with Crippen LogP contribution in [0.1, 0.15) is 100 Å². The summed E-state index contributed by atoms with van der Waals surface area (Å²) in [4.78, 5) is 0. The number of aromatic nitrogens is 2. The van der Waals surface area contributed by atoms with Gasteiger partial charge in [0.25, 0.3) is 0 Å². The van der Waals surface area contributed by atoms with Crippen LogP contribution in [-0.2, 0) is 0 Å². The molecule has 6 nitrogen and oxygen atoms in total. The molecule has 0 radical (unpaired) electrons. The average Bonchev–Trinajstić information content (AvgIpc) is 2.57. The lowest BCUT2D eigenvalue weighted by Gasteiger charge is -2.25. The van der Waals surface area contributed by atoms with Gasteiger partial charge < -0.3 is 20.4 Å². The van der Waals surface area contributed by atoms with Crippen molar-refractivity contribution in [2.24, 2.45) is 0 Å². The van der Waals surface area contributed by atoms with Crippen molar-refractivity contribution >= 4 is 0 Å². The van der Waals surface area contributed by atoms with Gasteiger partial charge in [-0.25, -0.2) is 0 Å². The van der Waals surface area contributed by atoms with E-state index in [0.29, 0.717) is 36.8 Å². The Hall–Kier alpha value is -1.08. The van der Waals surface area contributed by atoms with Crippen LogP contribution in [0.4, 0.5) is 0 Å². The van der Waals surface area contributed by atoms with Crippen molar-refractivity contribution in [1.29, 1.82) is 0 Å². The monoisotopic (exact) mass is 312 g/mol. The minimum atomic E-state index is -0.870. The summed E-state index contributed by atoms with van der Waals surface area (Å²) in [5.41, 5.74) is 1.38. The molecule has 0 spiro atoms. The van der Waals surface area contributed by atoms with Gasteiger partial charge in [0.2, 0.25) is 0 Å². The Kier molecular flexibility index (Phi) is 7.35. The second-order valence-corrected chi connectivity index (χ2v) is 5.49. The SMILES string of the molecule is CCC(O)c1nnc(C(O)CC)c(C(O)CC)c1C(O)CC. The summed E-state index contributed by atoms with van der Waals surface area (Å²) in [5, 5.41) is 49.2. The predicted molar refractivity (Wildman–Crippen MR) is 83.0 cm³/mol. The average molecular weight is 312 g/mol. The molecular formula is C16H28N2O4.